The van der Waals surface area contributed by atoms with Crippen molar-refractivity contribution in [1.82, 2.24) is 10.3 Å². The maximum Gasteiger partial charge on any atom is 0.213 e. The Kier molecular flexibility index (Phi) is 5.63. The van der Waals surface area contributed by atoms with Crippen molar-refractivity contribution in [3.05, 3.63) is 23.4 Å². The maximum absolute atomic E-state index is 6.13. The lowest BCUT2D eigenvalue weighted by Crippen LogP contribution is -2.29. The van der Waals surface area contributed by atoms with Gasteiger partial charge in [0.15, 0.2) is 0 Å². The van der Waals surface area contributed by atoms with Crippen molar-refractivity contribution in [1.29, 1.82) is 0 Å². The summed E-state index contributed by atoms with van der Waals surface area (Å²) < 4.78 is 6.13. The molecule has 2 unspecified atom stereocenters. The molecule has 0 bridgehead atoms. The number of hydrogen-bond acceptors (Lipinski definition) is 3. The Labute approximate surface area is 129 Å². The first-order chi connectivity index (χ1) is 9.94. The molecule has 0 aliphatic heterocycles. The molecular weight excluding hydrogens is 260 g/mol. The van der Waals surface area contributed by atoms with Crippen LogP contribution in [0.4, 0.5) is 0 Å². The van der Waals surface area contributed by atoms with Crippen LogP contribution in [0.3, 0.4) is 0 Å². The second-order valence-electron chi connectivity index (χ2n) is 7.09. The van der Waals surface area contributed by atoms with E-state index in [0.29, 0.717) is 12.1 Å². The number of ether oxygens (including phenoxy) is 1. The lowest BCUT2D eigenvalue weighted by Gasteiger charge is -2.31. The number of nitrogens with one attached hydrogen (secondary N) is 1. The molecule has 1 fully saturated rings. The summed E-state index contributed by atoms with van der Waals surface area (Å²) in [6.45, 7) is 11.9. The first-order valence-corrected chi connectivity index (χ1v) is 8.30. The van der Waals surface area contributed by atoms with Crippen LogP contribution in [0.5, 0.6) is 5.88 Å². The highest BCUT2D eigenvalue weighted by molar-refractivity contribution is 5.25. The largest absolute Gasteiger partial charge is 0.474 e. The minimum Gasteiger partial charge on any atom is -0.474 e. The number of hydrogen-bond donors (Lipinski definition) is 1. The molecular formula is C18H30N2O. The molecule has 1 N–H and O–H groups in total. The summed E-state index contributed by atoms with van der Waals surface area (Å²) in [5, 5.41) is 3.43. The molecule has 0 radical (unpaired) electrons. The van der Waals surface area contributed by atoms with E-state index in [1.54, 1.807) is 0 Å². The average Bonchev–Trinajstić information content (AvgIpc) is 2.36. The molecule has 1 aliphatic rings. The zero-order valence-corrected chi connectivity index (χ0v) is 14.1. The Morgan fingerprint density at radius 3 is 2.43 bits per heavy atom. The molecule has 2 atom stereocenters. The van der Waals surface area contributed by atoms with Crippen LogP contribution in [0.25, 0.3) is 0 Å². The van der Waals surface area contributed by atoms with E-state index in [9.17, 15) is 0 Å². The molecule has 1 aromatic rings. The van der Waals surface area contributed by atoms with E-state index < -0.39 is 0 Å². The lowest BCUT2D eigenvalue weighted by atomic mass is 9.82. The van der Waals surface area contributed by atoms with E-state index in [4.69, 9.17) is 4.74 Å². The lowest BCUT2D eigenvalue weighted by molar-refractivity contribution is 0.0965. The summed E-state index contributed by atoms with van der Waals surface area (Å²) in [6, 6.07) is 4.65. The van der Waals surface area contributed by atoms with Gasteiger partial charge in [-0.05, 0) is 43.6 Å². The van der Waals surface area contributed by atoms with Crippen LogP contribution in [0.1, 0.15) is 58.2 Å². The van der Waals surface area contributed by atoms with Gasteiger partial charge < -0.3 is 10.1 Å². The first-order valence-electron chi connectivity index (χ1n) is 8.30. The van der Waals surface area contributed by atoms with E-state index in [1.807, 2.05) is 6.07 Å². The molecule has 1 heterocycles. The third kappa shape index (κ3) is 4.99. The molecule has 0 aromatic carbocycles. The fourth-order valence-corrected chi connectivity index (χ4v) is 3.27. The van der Waals surface area contributed by atoms with Crippen molar-refractivity contribution >= 4 is 0 Å². The number of rotatable bonds is 5. The number of nitrogens with zero attached hydrogens (tertiary/aromatic N) is 1. The molecule has 0 saturated heterocycles. The average molecular weight is 290 g/mol. The van der Waals surface area contributed by atoms with Crippen LogP contribution in [0, 0.1) is 18.8 Å². The second-order valence-corrected chi connectivity index (χ2v) is 7.09. The third-order valence-electron chi connectivity index (χ3n) is 4.29. The fourth-order valence-electron chi connectivity index (χ4n) is 3.27. The molecule has 118 valence electrons. The molecule has 3 nitrogen and oxygen atoms in total. The number of pyridine rings is 1. The zero-order chi connectivity index (χ0) is 15.4. The predicted octanol–water partition coefficient (Wildman–Crippen LogP) is 4.09. The van der Waals surface area contributed by atoms with Crippen molar-refractivity contribution in [2.75, 3.05) is 0 Å². The van der Waals surface area contributed by atoms with Gasteiger partial charge in [-0.15, -0.1) is 0 Å². The summed E-state index contributed by atoms with van der Waals surface area (Å²) in [4.78, 5) is 4.63. The van der Waals surface area contributed by atoms with Gasteiger partial charge >= 0.3 is 0 Å². The minimum atomic E-state index is 0.329. The molecule has 21 heavy (non-hydrogen) atoms. The van der Waals surface area contributed by atoms with Crippen LogP contribution in [0.2, 0.25) is 0 Å². The Morgan fingerprint density at radius 2 is 1.86 bits per heavy atom. The van der Waals surface area contributed by atoms with E-state index >= 15 is 0 Å². The van der Waals surface area contributed by atoms with E-state index in [-0.39, 0.29) is 0 Å². The van der Waals surface area contributed by atoms with Gasteiger partial charge in [-0.1, -0.05) is 33.8 Å². The van der Waals surface area contributed by atoms with E-state index in [1.165, 1.54) is 12.0 Å². The van der Waals surface area contributed by atoms with Crippen LogP contribution < -0.4 is 10.1 Å². The topological polar surface area (TPSA) is 34.1 Å². The highest BCUT2D eigenvalue weighted by Crippen LogP contribution is 2.31. The molecule has 3 heteroatoms. The maximum atomic E-state index is 6.13. The number of aryl methyl sites for hydroxylation is 1. The summed E-state index contributed by atoms with van der Waals surface area (Å²) in [6.07, 6.45) is 3.96. The summed E-state index contributed by atoms with van der Waals surface area (Å²) in [5.41, 5.74) is 2.32. The molecule has 0 amide bonds. The van der Waals surface area contributed by atoms with Crippen LogP contribution in [0.15, 0.2) is 12.1 Å². The van der Waals surface area contributed by atoms with Gasteiger partial charge in [0.2, 0.25) is 5.88 Å². The Balaban J connectivity index is 1.96. The summed E-state index contributed by atoms with van der Waals surface area (Å²) in [7, 11) is 0. The fraction of sp³-hybridized carbons (Fsp3) is 0.722. The molecule has 0 spiro atoms. The smallest absolute Gasteiger partial charge is 0.213 e. The van der Waals surface area contributed by atoms with Crippen molar-refractivity contribution < 1.29 is 4.74 Å². The quantitative estimate of drug-likeness (QED) is 0.887. The molecule has 1 saturated carbocycles. The highest BCUT2D eigenvalue weighted by atomic mass is 16.5. The Hall–Kier alpha value is -1.09. The Morgan fingerprint density at radius 1 is 1.19 bits per heavy atom. The standard InChI is InChI=1S/C18H30N2O/c1-12(2)19-11-16-6-7-18(20-15(16)5)21-17-9-13(3)8-14(4)10-17/h6-7,12-14,17,19H,8-11H2,1-5H3. The van der Waals surface area contributed by atoms with Gasteiger partial charge in [0.1, 0.15) is 6.10 Å². The third-order valence-corrected chi connectivity index (χ3v) is 4.29. The van der Waals surface area contributed by atoms with Crippen LogP contribution >= 0.6 is 0 Å². The highest BCUT2D eigenvalue weighted by Gasteiger charge is 2.25. The Bertz CT molecular complexity index is 449. The van der Waals surface area contributed by atoms with Crippen LogP contribution in [-0.2, 0) is 6.54 Å². The van der Waals surface area contributed by atoms with Gasteiger partial charge in [-0.25, -0.2) is 4.98 Å². The van der Waals surface area contributed by atoms with E-state index in [0.717, 1.165) is 42.8 Å². The first kappa shape index (κ1) is 16.3. The summed E-state index contributed by atoms with van der Waals surface area (Å²) in [5.74, 6) is 2.30. The van der Waals surface area contributed by atoms with Gasteiger partial charge in [0.25, 0.3) is 0 Å². The van der Waals surface area contributed by atoms with Gasteiger partial charge in [0, 0.05) is 24.3 Å². The SMILES string of the molecule is Cc1nc(OC2CC(C)CC(C)C2)ccc1CNC(C)C. The predicted molar refractivity (Wildman–Crippen MR) is 87.5 cm³/mol. The van der Waals surface area contributed by atoms with Gasteiger partial charge in [-0.3, -0.25) is 0 Å². The molecule has 2 rings (SSSR count). The van der Waals surface area contributed by atoms with Crippen molar-refractivity contribution in [3.63, 3.8) is 0 Å². The van der Waals surface area contributed by atoms with Crippen molar-refractivity contribution in [2.24, 2.45) is 11.8 Å². The van der Waals surface area contributed by atoms with Gasteiger partial charge in [0.05, 0.1) is 0 Å². The molecule has 1 aromatic heterocycles. The summed E-state index contributed by atoms with van der Waals surface area (Å²) >= 11 is 0. The second kappa shape index (κ2) is 7.26. The van der Waals surface area contributed by atoms with E-state index in [2.05, 4.69) is 51.0 Å². The van der Waals surface area contributed by atoms with Crippen molar-refractivity contribution in [3.8, 4) is 5.88 Å². The van der Waals surface area contributed by atoms with Gasteiger partial charge in [-0.2, -0.15) is 0 Å². The normalized spacial score (nSPS) is 26.1. The van der Waals surface area contributed by atoms with Crippen LogP contribution in [-0.4, -0.2) is 17.1 Å². The zero-order valence-electron chi connectivity index (χ0n) is 14.1. The van der Waals surface area contributed by atoms with Crippen molar-refractivity contribution in [2.45, 2.75) is 72.6 Å². The minimum absolute atomic E-state index is 0.329. The molecule has 1 aliphatic carbocycles. The monoisotopic (exact) mass is 290 g/mol. The number of aromatic nitrogens is 1.